The van der Waals surface area contributed by atoms with Crippen molar-refractivity contribution < 1.29 is 14.4 Å². The molecule has 4 amide bonds. The van der Waals surface area contributed by atoms with Gasteiger partial charge in [-0.25, -0.2) is 4.79 Å². The third-order valence-corrected chi connectivity index (χ3v) is 4.28. The Kier molecular flexibility index (Phi) is 4.54. The third-order valence-electron chi connectivity index (χ3n) is 4.28. The van der Waals surface area contributed by atoms with Crippen LogP contribution >= 0.6 is 0 Å². The first-order valence-corrected chi connectivity index (χ1v) is 7.75. The van der Waals surface area contributed by atoms with Gasteiger partial charge in [0, 0.05) is 6.54 Å². The predicted octanol–water partition coefficient (Wildman–Crippen LogP) is 1.26. The van der Waals surface area contributed by atoms with E-state index in [-0.39, 0.29) is 24.3 Å². The highest BCUT2D eigenvalue weighted by molar-refractivity contribution is 6.09. The maximum atomic E-state index is 12.3. The lowest BCUT2D eigenvalue weighted by molar-refractivity contribution is -0.135. The number of nitrogens with one attached hydrogen (secondary N) is 2. The summed E-state index contributed by atoms with van der Waals surface area (Å²) in [5.41, 5.74) is -0.811. The first-order chi connectivity index (χ1) is 9.84. The summed E-state index contributed by atoms with van der Waals surface area (Å²) in [5.74, 6) is 0.273. The van der Waals surface area contributed by atoms with Crippen molar-refractivity contribution in [3.05, 3.63) is 0 Å². The fourth-order valence-electron chi connectivity index (χ4n) is 2.73. The molecule has 0 aromatic rings. The molecule has 1 aliphatic carbocycles. The second kappa shape index (κ2) is 6.03. The Balaban J connectivity index is 1.81. The van der Waals surface area contributed by atoms with Gasteiger partial charge in [0.15, 0.2) is 0 Å². The maximum absolute atomic E-state index is 12.3. The average molecular weight is 295 g/mol. The molecule has 1 saturated carbocycles. The van der Waals surface area contributed by atoms with Crippen molar-refractivity contribution in [1.82, 2.24) is 15.5 Å². The van der Waals surface area contributed by atoms with Crippen LogP contribution in [0.1, 0.15) is 46.5 Å². The summed E-state index contributed by atoms with van der Waals surface area (Å²) in [6.45, 7) is 6.42. The number of hydrogen-bond donors (Lipinski definition) is 2. The van der Waals surface area contributed by atoms with Crippen LogP contribution in [0.2, 0.25) is 0 Å². The Morgan fingerprint density at radius 3 is 2.67 bits per heavy atom. The number of amides is 4. The molecule has 0 aromatic heterocycles. The molecule has 1 aliphatic heterocycles. The fourth-order valence-corrected chi connectivity index (χ4v) is 2.73. The largest absolute Gasteiger partial charge is 0.355 e. The average Bonchev–Trinajstić information content (AvgIpc) is 3.21. The van der Waals surface area contributed by atoms with E-state index in [9.17, 15) is 14.4 Å². The van der Waals surface area contributed by atoms with Gasteiger partial charge in [0.05, 0.1) is 0 Å². The molecule has 1 heterocycles. The molecule has 2 fully saturated rings. The number of hydrogen-bond acceptors (Lipinski definition) is 3. The minimum atomic E-state index is -0.811. The van der Waals surface area contributed by atoms with Crippen molar-refractivity contribution in [3.8, 4) is 0 Å². The molecule has 21 heavy (non-hydrogen) atoms. The highest BCUT2D eigenvalue weighted by Gasteiger charge is 2.56. The lowest BCUT2D eigenvalue weighted by Gasteiger charge is -2.20. The Labute approximate surface area is 125 Å². The van der Waals surface area contributed by atoms with Crippen molar-refractivity contribution in [2.24, 2.45) is 11.8 Å². The van der Waals surface area contributed by atoms with Crippen LogP contribution in [0.25, 0.3) is 0 Å². The number of carbonyl (C=O) groups is 3. The third kappa shape index (κ3) is 3.54. The van der Waals surface area contributed by atoms with Crippen LogP contribution in [-0.4, -0.2) is 41.4 Å². The van der Waals surface area contributed by atoms with Gasteiger partial charge in [0.25, 0.3) is 5.91 Å². The summed E-state index contributed by atoms with van der Waals surface area (Å²) >= 11 is 0. The van der Waals surface area contributed by atoms with E-state index < -0.39 is 11.6 Å². The van der Waals surface area contributed by atoms with E-state index in [1.165, 1.54) is 0 Å². The van der Waals surface area contributed by atoms with E-state index >= 15 is 0 Å². The van der Waals surface area contributed by atoms with Crippen molar-refractivity contribution in [2.75, 3.05) is 13.1 Å². The first kappa shape index (κ1) is 15.8. The summed E-state index contributed by atoms with van der Waals surface area (Å²) < 4.78 is 0. The Hall–Kier alpha value is -1.59. The second-order valence-electron chi connectivity index (χ2n) is 6.68. The number of nitrogens with zero attached hydrogens (tertiary/aromatic N) is 1. The van der Waals surface area contributed by atoms with Crippen LogP contribution in [0.15, 0.2) is 0 Å². The summed E-state index contributed by atoms with van der Waals surface area (Å²) in [7, 11) is 0. The van der Waals surface area contributed by atoms with Gasteiger partial charge in [0.2, 0.25) is 5.91 Å². The Morgan fingerprint density at radius 2 is 2.10 bits per heavy atom. The van der Waals surface area contributed by atoms with Crippen molar-refractivity contribution >= 4 is 17.8 Å². The minimum absolute atomic E-state index is 0.186. The lowest BCUT2D eigenvalue weighted by Crippen LogP contribution is -2.47. The number of urea groups is 1. The monoisotopic (exact) mass is 295 g/mol. The molecule has 0 radical (unpaired) electrons. The van der Waals surface area contributed by atoms with Gasteiger partial charge in [-0.1, -0.05) is 13.8 Å². The first-order valence-electron chi connectivity index (χ1n) is 7.75. The normalized spacial score (nSPS) is 25.4. The van der Waals surface area contributed by atoms with Crippen LogP contribution in [-0.2, 0) is 9.59 Å². The van der Waals surface area contributed by atoms with E-state index in [2.05, 4.69) is 24.5 Å². The molecular formula is C15H25N3O3. The van der Waals surface area contributed by atoms with Gasteiger partial charge in [-0.05, 0) is 44.4 Å². The van der Waals surface area contributed by atoms with Crippen molar-refractivity contribution in [3.63, 3.8) is 0 Å². The molecule has 2 N–H and O–H groups in total. The zero-order chi connectivity index (χ0) is 15.6. The Bertz CT molecular complexity index is 445. The second-order valence-corrected chi connectivity index (χ2v) is 6.68. The summed E-state index contributed by atoms with van der Waals surface area (Å²) in [6, 6.07) is -0.452. The zero-order valence-corrected chi connectivity index (χ0v) is 13.1. The summed E-state index contributed by atoms with van der Waals surface area (Å²) in [6.07, 6.45) is 3.86. The quantitative estimate of drug-likeness (QED) is 0.548. The van der Waals surface area contributed by atoms with Gasteiger partial charge in [-0.2, -0.15) is 0 Å². The molecule has 0 spiro atoms. The fraction of sp³-hybridized carbons (Fsp3) is 0.800. The molecular weight excluding hydrogens is 270 g/mol. The van der Waals surface area contributed by atoms with Crippen LogP contribution in [0.3, 0.4) is 0 Å². The molecule has 0 aromatic carbocycles. The molecule has 118 valence electrons. The van der Waals surface area contributed by atoms with E-state index in [4.69, 9.17) is 0 Å². The summed E-state index contributed by atoms with van der Waals surface area (Å²) in [5, 5.41) is 5.50. The maximum Gasteiger partial charge on any atom is 0.325 e. The van der Waals surface area contributed by atoms with Gasteiger partial charge < -0.3 is 10.6 Å². The molecule has 0 bridgehead atoms. The van der Waals surface area contributed by atoms with Crippen molar-refractivity contribution in [2.45, 2.75) is 52.0 Å². The van der Waals surface area contributed by atoms with E-state index in [1.807, 2.05) is 0 Å². The van der Waals surface area contributed by atoms with Crippen LogP contribution < -0.4 is 10.6 Å². The number of imide groups is 1. The minimum Gasteiger partial charge on any atom is -0.355 e. The van der Waals surface area contributed by atoms with E-state index in [0.717, 1.165) is 30.6 Å². The van der Waals surface area contributed by atoms with Gasteiger partial charge in [0.1, 0.15) is 12.1 Å². The molecule has 1 saturated heterocycles. The predicted molar refractivity (Wildman–Crippen MR) is 78.5 cm³/mol. The van der Waals surface area contributed by atoms with E-state index in [1.54, 1.807) is 6.92 Å². The van der Waals surface area contributed by atoms with Gasteiger partial charge in [-0.15, -0.1) is 0 Å². The highest BCUT2D eigenvalue weighted by atomic mass is 16.2. The van der Waals surface area contributed by atoms with Crippen LogP contribution in [0.4, 0.5) is 4.79 Å². The number of carbonyl (C=O) groups excluding carboxylic acids is 3. The molecule has 6 heteroatoms. The molecule has 2 rings (SSSR count). The summed E-state index contributed by atoms with van der Waals surface area (Å²) in [4.78, 5) is 37.1. The highest BCUT2D eigenvalue weighted by Crippen LogP contribution is 2.42. The van der Waals surface area contributed by atoms with Gasteiger partial charge >= 0.3 is 6.03 Å². The molecule has 1 atom stereocenters. The molecule has 1 unspecified atom stereocenters. The lowest BCUT2D eigenvalue weighted by atomic mass is 9.96. The van der Waals surface area contributed by atoms with Gasteiger partial charge in [-0.3, -0.25) is 14.5 Å². The smallest absolute Gasteiger partial charge is 0.325 e. The van der Waals surface area contributed by atoms with Crippen molar-refractivity contribution in [1.29, 1.82) is 0 Å². The van der Waals surface area contributed by atoms with Crippen LogP contribution in [0.5, 0.6) is 0 Å². The number of rotatable bonds is 7. The SMILES string of the molecule is CC(C)CCCNC(=O)CN1C(=O)NC(C)(C2CC2)C1=O. The standard InChI is InChI=1S/C15H25N3O3/c1-10(2)5-4-8-16-12(19)9-18-13(20)15(3,11-6-7-11)17-14(18)21/h10-11H,4-9H2,1-3H3,(H,16,19)(H,17,21). The molecule has 6 nitrogen and oxygen atoms in total. The van der Waals surface area contributed by atoms with E-state index in [0.29, 0.717) is 12.5 Å². The Morgan fingerprint density at radius 1 is 1.43 bits per heavy atom. The zero-order valence-electron chi connectivity index (χ0n) is 13.1. The molecule has 2 aliphatic rings. The van der Waals surface area contributed by atoms with Crippen LogP contribution in [0, 0.1) is 11.8 Å². The topological polar surface area (TPSA) is 78.5 Å².